The first-order valence-electron chi connectivity index (χ1n) is 3.83. The van der Waals surface area contributed by atoms with Crippen molar-refractivity contribution in [2.45, 2.75) is 12.5 Å². The molecule has 1 aliphatic carbocycles. The van der Waals surface area contributed by atoms with Crippen molar-refractivity contribution in [3.05, 3.63) is 0 Å². The summed E-state index contributed by atoms with van der Waals surface area (Å²) in [6.45, 7) is 0.400. The van der Waals surface area contributed by atoms with Crippen LogP contribution >= 0.6 is 0 Å². The molecule has 0 aromatic rings. The van der Waals surface area contributed by atoms with Crippen LogP contribution in [0.5, 0.6) is 0 Å². The van der Waals surface area contributed by atoms with Crippen LogP contribution in [0.2, 0.25) is 0 Å². The summed E-state index contributed by atoms with van der Waals surface area (Å²) in [4.78, 5) is 22.2. The predicted octanol–water partition coefficient (Wildman–Crippen LogP) is 0.0693. The minimum Gasteiger partial charge on any atom is -0.480 e. The summed E-state index contributed by atoms with van der Waals surface area (Å²) in [5.74, 6) is -0.622. The van der Waals surface area contributed by atoms with E-state index in [0.717, 1.165) is 11.3 Å². The van der Waals surface area contributed by atoms with Gasteiger partial charge in [0.05, 0.1) is 0 Å². The van der Waals surface area contributed by atoms with E-state index in [2.05, 4.69) is 0 Å². The molecule has 0 aromatic carbocycles. The molecule has 0 aromatic heterocycles. The van der Waals surface area contributed by atoms with Gasteiger partial charge >= 0.3 is 12.1 Å². The number of rotatable bonds is 1. The van der Waals surface area contributed by atoms with Crippen LogP contribution in [-0.4, -0.2) is 39.8 Å². The molecule has 0 unspecified atom stereocenters. The lowest BCUT2D eigenvalue weighted by molar-refractivity contribution is -0.142. The van der Waals surface area contributed by atoms with E-state index in [1.807, 2.05) is 0 Å². The molecule has 5 nitrogen and oxygen atoms in total. The molecule has 1 saturated heterocycles. The van der Waals surface area contributed by atoms with Gasteiger partial charge in [-0.1, -0.05) is 0 Å². The molecule has 3 atom stereocenters. The van der Waals surface area contributed by atoms with Crippen molar-refractivity contribution < 1.29 is 19.8 Å². The molecule has 2 fully saturated rings. The maximum absolute atomic E-state index is 10.6. The fourth-order valence-corrected chi connectivity index (χ4v) is 1.98. The molecule has 1 heterocycles. The summed E-state index contributed by atoms with van der Waals surface area (Å²) in [6, 6.07) is -0.785. The molecule has 5 heteroatoms. The molecule has 2 rings (SSSR count). The van der Waals surface area contributed by atoms with Gasteiger partial charge in [-0.2, -0.15) is 0 Å². The second kappa shape index (κ2) is 2.12. The number of carbonyl (C=O) groups is 2. The Bertz CT molecular complexity index is 252. The van der Waals surface area contributed by atoms with Crippen LogP contribution in [0.3, 0.4) is 0 Å². The minimum atomic E-state index is -1.12. The smallest absolute Gasteiger partial charge is 0.408 e. The van der Waals surface area contributed by atoms with E-state index < -0.39 is 18.1 Å². The fourth-order valence-electron chi connectivity index (χ4n) is 1.98. The van der Waals surface area contributed by atoms with Gasteiger partial charge in [-0.25, -0.2) is 9.59 Å². The van der Waals surface area contributed by atoms with E-state index in [4.69, 9.17) is 10.2 Å². The maximum atomic E-state index is 10.6. The highest BCUT2D eigenvalue weighted by atomic mass is 16.4. The van der Waals surface area contributed by atoms with E-state index >= 15 is 0 Å². The Morgan fingerprint density at radius 3 is 2.42 bits per heavy atom. The van der Waals surface area contributed by atoms with Crippen molar-refractivity contribution in [1.29, 1.82) is 0 Å². The van der Waals surface area contributed by atoms with Crippen LogP contribution in [0.15, 0.2) is 0 Å². The first-order chi connectivity index (χ1) is 5.61. The molecule has 0 radical (unpaired) electrons. The SMILES string of the molecule is O=C(O)[C@@H]1[C@@H]2C[C@H]2CN1C(=O)O. The van der Waals surface area contributed by atoms with Gasteiger partial charge in [-0.15, -0.1) is 0 Å². The number of aliphatic carboxylic acids is 1. The minimum absolute atomic E-state index is 0.0820. The molecule has 1 amide bonds. The third-order valence-electron chi connectivity index (χ3n) is 2.65. The topological polar surface area (TPSA) is 77.8 Å². The largest absolute Gasteiger partial charge is 0.480 e. The Balaban J connectivity index is 2.16. The molecule has 12 heavy (non-hydrogen) atoms. The zero-order valence-electron chi connectivity index (χ0n) is 6.30. The Hall–Kier alpha value is -1.26. The quantitative estimate of drug-likeness (QED) is 0.585. The van der Waals surface area contributed by atoms with Gasteiger partial charge in [0.25, 0.3) is 0 Å². The summed E-state index contributed by atoms with van der Waals surface area (Å²) in [5, 5.41) is 17.4. The second-order valence-corrected chi connectivity index (χ2v) is 3.38. The Labute approximate surface area is 68.6 Å². The number of hydrogen-bond donors (Lipinski definition) is 2. The number of piperidine rings is 1. The van der Waals surface area contributed by atoms with Crippen molar-refractivity contribution in [3.8, 4) is 0 Å². The van der Waals surface area contributed by atoms with Crippen molar-refractivity contribution in [2.24, 2.45) is 11.8 Å². The Kier molecular flexibility index (Phi) is 1.31. The van der Waals surface area contributed by atoms with Gasteiger partial charge < -0.3 is 10.2 Å². The molecular formula is C7H9NO4. The first kappa shape index (κ1) is 7.39. The normalized spacial score (nSPS) is 37.7. The number of likely N-dealkylation sites (tertiary alicyclic amines) is 1. The molecule has 0 bridgehead atoms. The van der Waals surface area contributed by atoms with Gasteiger partial charge in [0.2, 0.25) is 0 Å². The van der Waals surface area contributed by atoms with Crippen molar-refractivity contribution in [1.82, 2.24) is 4.90 Å². The number of carboxylic acids is 1. The molecule has 1 aliphatic heterocycles. The molecular weight excluding hydrogens is 162 g/mol. The van der Waals surface area contributed by atoms with Gasteiger partial charge in [0.1, 0.15) is 6.04 Å². The van der Waals surface area contributed by atoms with E-state index in [1.54, 1.807) is 0 Å². The number of amides is 1. The molecule has 2 aliphatic rings. The van der Waals surface area contributed by atoms with Crippen LogP contribution < -0.4 is 0 Å². The van der Waals surface area contributed by atoms with Crippen LogP contribution in [0, 0.1) is 11.8 Å². The van der Waals surface area contributed by atoms with E-state index in [-0.39, 0.29) is 5.92 Å². The summed E-state index contributed by atoms with van der Waals surface area (Å²) < 4.78 is 0. The lowest BCUT2D eigenvalue weighted by atomic mass is 10.2. The highest BCUT2D eigenvalue weighted by Gasteiger charge is 2.57. The fraction of sp³-hybridized carbons (Fsp3) is 0.714. The van der Waals surface area contributed by atoms with E-state index in [9.17, 15) is 9.59 Å². The Morgan fingerprint density at radius 1 is 1.33 bits per heavy atom. The monoisotopic (exact) mass is 171 g/mol. The number of carboxylic acid groups (broad SMARTS) is 2. The number of nitrogens with zero attached hydrogens (tertiary/aromatic N) is 1. The highest BCUT2D eigenvalue weighted by molar-refractivity contribution is 5.81. The standard InChI is InChI=1S/C7H9NO4/c9-6(10)5-4-1-3(4)2-8(5)7(11)12/h3-5H,1-2H2,(H,9,10)(H,11,12)/t3-,4+,5-/m0/s1. The predicted molar refractivity (Wildman–Crippen MR) is 37.8 cm³/mol. The van der Waals surface area contributed by atoms with Gasteiger partial charge in [0.15, 0.2) is 0 Å². The van der Waals surface area contributed by atoms with Crippen molar-refractivity contribution >= 4 is 12.1 Å². The van der Waals surface area contributed by atoms with Gasteiger partial charge in [-0.3, -0.25) is 4.90 Å². The van der Waals surface area contributed by atoms with Crippen LogP contribution in [0.1, 0.15) is 6.42 Å². The average molecular weight is 171 g/mol. The van der Waals surface area contributed by atoms with Crippen LogP contribution in [-0.2, 0) is 4.79 Å². The van der Waals surface area contributed by atoms with Gasteiger partial charge in [0, 0.05) is 6.54 Å². The lowest BCUT2D eigenvalue weighted by Crippen LogP contribution is -2.42. The summed E-state index contributed by atoms with van der Waals surface area (Å²) in [6.07, 6.45) is -0.240. The van der Waals surface area contributed by atoms with E-state index in [1.165, 1.54) is 0 Å². The average Bonchev–Trinajstić information content (AvgIpc) is 2.60. The summed E-state index contributed by atoms with van der Waals surface area (Å²) >= 11 is 0. The molecule has 1 saturated carbocycles. The Morgan fingerprint density at radius 2 is 2.00 bits per heavy atom. The van der Waals surface area contributed by atoms with Crippen LogP contribution in [0.4, 0.5) is 4.79 Å². The third kappa shape index (κ3) is 0.855. The maximum Gasteiger partial charge on any atom is 0.408 e. The van der Waals surface area contributed by atoms with Crippen molar-refractivity contribution in [3.63, 3.8) is 0 Å². The first-order valence-corrected chi connectivity index (χ1v) is 3.83. The lowest BCUT2D eigenvalue weighted by Gasteiger charge is -2.20. The molecule has 0 spiro atoms. The summed E-state index contributed by atoms with van der Waals surface area (Å²) in [5.41, 5.74) is 0. The third-order valence-corrected chi connectivity index (χ3v) is 2.65. The number of hydrogen-bond acceptors (Lipinski definition) is 2. The zero-order chi connectivity index (χ0) is 8.88. The molecule has 2 N–H and O–H groups in total. The summed E-state index contributed by atoms with van der Waals surface area (Å²) in [7, 11) is 0. The number of fused-ring (bicyclic) bond motifs is 1. The molecule has 66 valence electrons. The zero-order valence-corrected chi connectivity index (χ0v) is 6.30. The van der Waals surface area contributed by atoms with Gasteiger partial charge in [-0.05, 0) is 18.3 Å². The second-order valence-electron chi connectivity index (χ2n) is 3.38. The van der Waals surface area contributed by atoms with E-state index in [0.29, 0.717) is 12.5 Å². The highest BCUT2D eigenvalue weighted by Crippen LogP contribution is 2.49. The van der Waals surface area contributed by atoms with Crippen molar-refractivity contribution in [2.75, 3.05) is 6.54 Å². The van der Waals surface area contributed by atoms with Crippen LogP contribution in [0.25, 0.3) is 0 Å².